The Morgan fingerprint density at radius 2 is 0.667 bits per heavy atom. The van der Waals surface area contributed by atoms with Gasteiger partial charge in [-0.3, -0.25) is 0 Å². The van der Waals surface area contributed by atoms with Crippen LogP contribution in [0.5, 0.6) is 0 Å². The first-order valence-electron chi connectivity index (χ1n) is 14.5. The van der Waals surface area contributed by atoms with Gasteiger partial charge in [0.25, 0.3) is 0 Å². The third kappa shape index (κ3) is 21.4. The second-order valence-corrected chi connectivity index (χ2v) is 11.5. The average molecular weight is 441 g/mol. The van der Waals surface area contributed by atoms with E-state index in [1.807, 2.05) is 0 Å². The van der Waals surface area contributed by atoms with Crippen molar-refractivity contribution in [2.45, 2.75) is 155 Å². The topological polar surface area (TPSA) is 0 Å². The lowest BCUT2D eigenvalue weighted by atomic mass is 10.1. The third-order valence-electron chi connectivity index (χ3n) is 7.15. The predicted molar refractivity (Wildman–Crippen MR) is 144 cm³/mol. The molecule has 0 aliphatic rings. The van der Waals surface area contributed by atoms with E-state index >= 15 is 0 Å². The maximum atomic E-state index is 2.57. The van der Waals surface area contributed by atoms with E-state index in [0.717, 1.165) is 0 Å². The molecule has 0 rings (SSSR count). The van der Waals surface area contributed by atoms with E-state index in [2.05, 4.69) is 20.9 Å². The van der Waals surface area contributed by atoms with Crippen molar-refractivity contribution in [2.24, 2.45) is 0 Å². The standard InChI is InChI=1S/C28H62NSi/c1-4-6-8-10-12-14-16-18-20-22-25-29(3,27-24-28-30)26-23-21-19-17-15-13-11-9-7-5-2/h4-28H2,1-3,30H3/q+1. The lowest BCUT2D eigenvalue weighted by Gasteiger charge is -2.35. The van der Waals surface area contributed by atoms with Crippen molar-refractivity contribution in [3.05, 3.63) is 0 Å². The zero-order valence-corrected chi connectivity index (χ0v) is 24.1. The molecule has 0 aromatic rings. The van der Waals surface area contributed by atoms with E-state index in [-0.39, 0.29) is 0 Å². The molecular weight excluding hydrogens is 378 g/mol. The van der Waals surface area contributed by atoms with Crippen LogP contribution in [0.1, 0.15) is 149 Å². The molecular formula is C28H62NSi+. The number of unbranched alkanes of at least 4 members (excludes halogenated alkanes) is 18. The maximum absolute atomic E-state index is 2.57. The van der Waals surface area contributed by atoms with E-state index in [1.54, 1.807) is 0 Å². The van der Waals surface area contributed by atoms with Gasteiger partial charge in [-0.15, -0.1) is 0 Å². The van der Waals surface area contributed by atoms with Gasteiger partial charge >= 0.3 is 0 Å². The van der Waals surface area contributed by atoms with Crippen molar-refractivity contribution in [1.29, 1.82) is 0 Å². The van der Waals surface area contributed by atoms with Crippen LogP contribution in [0.3, 0.4) is 0 Å². The first kappa shape index (κ1) is 30.2. The smallest absolute Gasteiger partial charge is 0.0784 e. The monoisotopic (exact) mass is 440 g/mol. The zero-order valence-electron chi connectivity index (χ0n) is 22.1. The van der Waals surface area contributed by atoms with Crippen molar-refractivity contribution < 1.29 is 4.48 Å². The molecule has 0 aliphatic heterocycles. The minimum Gasteiger partial charge on any atom is -0.326 e. The van der Waals surface area contributed by atoms with Gasteiger partial charge in [-0.2, -0.15) is 0 Å². The molecule has 0 saturated carbocycles. The predicted octanol–water partition coefficient (Wildman–Crippen LogP) is 8.45. The Morgan fingerprint density at radius 1 is 0.400 bits per heavy atom. The van der Waals surface area contributed by atoms with Crippen molar-refractivity contribution in [1.82, 2.24) is 0 Å². The first-order chi connectivity index (χ1) is 14.7. The van der Waals surface area contributed by atoms with Gasteiger partial charge in [0.15, 0.2) is 0 Å². The molecule has 0 saturated heterocycles. The fourth-order valence-corrected chi connectivity index (χ4v) is 5.15. The molecule has 0 bridgehead atoms. The molecule has 1 nitrogen and oxygen atoms in total. The molecule has 0 N–H and O–H groups in total. The van der Waals surface area contributed by atoms with Crippen LogP contribution in [0.15, 0.2) is 0 Å². The molecule has 0 atom stereocenters. The molecule has 182 valence electrons. The van der Waals surface area contributed by atoms with E-state index in [1.165, 1.54) is 175 Å². The van der Waals surface area contributed by atoms with E-state index < -0.39 is 0 Å². The Bertz CT molecular complexity index is 294. The highest BCUT2D eigenvalue weighted by molar-refractivity contribution is 6.08. The van der Waals surface area contributed by atoms with Gasteiger partial charge in [0.1, 0.15) is 0 Å². The second-order valence-electron chi connectivity index (χ2n) is 10.5. The summed E-state index contributed by atoms with van der Waals surface area (Å²) in [5.41, 5.74) is 0. The summed E-state index contributed by atoms with van der Waals surface area (Å²) in [5, 5.41) is 0. The molecule has 0 spiro atoms. The minimum absolute atomic E-state index is 1.37. The molecule has 0 unspecified atom stereocenters. The minimum atomic E-state index is 1.37. The summed E-state index contributed by atoms with van der Waals surface area (Å²) in [6.45, 7) is 8.94. The van der Waals surface area contributed by atoms with Crippen LogP contribution in [0.2, 0.25) is 6.04 Å². The number of hydrogen-bond donors (Lipinski definition) is 0. The van der Waals surface area contributed by atoms with Gasteiger partial charge in [-0.25, -0.2) is 0 Å². The number of hydrogen-bond acceptors (Lipinski definition) is 0. The number of quaternary nitrogens is 1. The molecule has 0 aromatic carbocycles. The van der Waals surface area contributed by atoms with Crippen LogP contribution >= 0.6 is 0 Å². The lowest BCUT2D eigenvalue weighted by Crippen LogP contribution is -2.46. The molecule has 2 heteroatoms. The average Bonchev–Trinajstić information content (AvgIpc) is 2.75. The summed E-state index contributed by atoms with van der Waals surface area (Å²) < 4.78 is 1.37. The maximum Gasteiger partial charge on any atom is 0.0784 e. The highest BCUT2D eigenvalue weighted by Gasteiger charge is 2.19. The van der Waals surface area contributed by atoms with Crippen molar-refractivity contribution in [3.63, 3.8) is 0 Å². The Balaban J connectivity index is 3.72. The Morgan fingerprint density at radius 3 is 0.967 bits per heavy atom. The highest BCUT2D eigenvalue weighted by Crippen LogP contribution is 2.16. The highest BCUT2D eigenvalue weighted by atomic mass is 28.1. The molecule has 0 aliphatic carbocycles. The lowest BCUT2D eigenvalue weighted by molar-refractivity contribution is -0.910. The third-order valence-corrected chi connectivity index (χ3v) is 7.86. The SMILES string of the molecule is CCCCCCCCCCCC[N+](C)(CCC[SiH3])CCCCCCCCCCCC. The normalized spacial score (nSPS) is 12.1. The van der Waals surface area contributed by atoms with E-state index in [9.17, 15) is 0 Å². The van der Waals surface area contributed by atoms with Gasteiger partial charge in [0.2, 0.25) is 0 Å². The van der Waals surface area contributed by atoms with Crippen LogP contribution in [-0.4, -0.2) is 41.4 Å². The van der Waals surface area contributed by atoms with E-state index in [4.69, 9.17) is 0 Å². The van der Waals surface area contributed by atoms with E-state index in [0.29, 0.717) is 0 Å². The van der Waals surface area contributed by atoms with Crippen LogP contribution in [-0.2, 0) is 0 Å². The fourth-order valence-electron chi connectivity index (χ4n) is 4.84. The van der Waals surface area contributed by atoms with Gasteiger partial charge < -0.3 is 4.48 Å². The number of rotatable bonds is 25. The quantitative estimate of drug-likeness (QED) is 0.0758. The summed E-state index contributed by atoms with van der Waals surface area (Å²) in [6.07, 6.45) is 30.7. The Labute approximate surface area is 196 Å². The summed E-state index contributed by atoms with van der Waals surface area (Å²) >= 11 is 0. The van der Waals surface area contributed by atoms with Crippen LogP contribution in [0, 0.1) is 0 Å². The van der Waals surface area contributed by atoms with Gasteiger partial charge in [0.05, 0.1) is 26.7 Å². The largest absolute Gasteiger partial charge is 0.326 e. The van der Waals surface area contributed by atoms with Crippen molar-refractivity contribution >= 4 is 10.2 Å². The number of nitrogens with zero attached hydrogens (tertiary/aromatic N) is 1. The molecule has 0 amide bonds. The fraction of sp³-hybridized carbons (Fsp3) is 1.00. The summed E-state index contributed by atoms with van der Waals surface area (Å²) in [4.78, 5) is 0. The van der Waals surface area contributed by atoms with Gasteiger partial charge in [-0.1, -0.05) is 123 Å². The second kappa shape index (κ2) is 23.8. The summed E-state index contributed by atoms with van der Waals surface area (Å²) in [7, 11) is 3.95. The molecule has 0 aromatic heterocycles. The first-order valence-corrected chi connectivity index (χ1v) is 15.9. The molecule has 0 fully saturated rings. The van der Waals surface area contributed by atoms with Crippen molar-refractivity contribution in [2.75, 3.05) is 26.7 Å². The van der Waals surface area contributed by atoms with Crippen molar-refractivity contribution in [3.8, 4) is 0 Å². The van der Waals surface area contributed by atoms with Gasteiger partial charge in [-0.05, 0) is 32.1 Å². The van der Waals surface area contributed by atoms with Gasteiger partial charge in [0, 0.05) is 10.2 Å². The van der Waals surface area contributed by atoms with Crippen LogP contribution < -0.4 is 0 Å². The molecule has 0 heterocycles. The Hall–Kier alpha value is 0.177. The van der Waals surface area contributed by atoms with Crippen LogP contribution in [0.25, 0.3) is 0 Å². The summed E-state index contributed by atoms with van der Waals surface area (Å²) in [5.74, 6) is 0. The summed E-state index contributed by atoms with van der Waals surface area (Å²) in [6, 6.07) is 1.49. The van der Waals surface area contributed by atoms with Crippen LogP contribution in [0.4, 0.5) is 0 Å². The molecule has 0 radical (unpaired) electrons. The zero-order chi connectivity index (χ0) is 22.2. The Kier molecular flexibility index (Phi) is 24.0. The molecule has 30 heavy (non-hydrogen) atoms.